The van der Waals surface area contributed by atoms with Crippen LogP contribution in [0.2, 0.25) is 0 Å². The van der Waals surface area contributed by atoms with E-state index in [4.69, 9.17) is 9.47 Å². The fraction of sp³-hybridized carbons (Fsp3) is 0.500. The van der Waals surface area contributed by atoms with Crippen LogP contribution >= 0.6 is 11.8 Å². The Kier molecular flexibility index (Phi) is 4.98. The second-order valence-corrected chi connectivity index (χ2v) is 4.55. The molecule has 0 fully saturated rings. The van der Waals surface area contributed by atoms with Gasteiger partial charge in [-0.15, -0.1) is 10.2 Å². The number of rotatable bonds is 7. The first-order chi connectivity index (χ1) is 8.85. The summed E-state index contributed by atoms with van der Waals surface area (Å²) in [6, 6.07) is 5.84. The van der Waals surface area contributed by atoms with Crippen molar-refractivity contribution >= 4 is 17.4 Å². The molecule has 2 heterocycles. The normalized spacial score (nSPS) is 11.5. The van der Waals surface area contributed by atoms with Gasteiger partial charge in [-0.1, -0.05) is 17.8 Å². The maximum absolute atomic E-state index is 5.49. The first-order valence-electron chi connectivity index (χ1n) is 6.01. The third kappa shape index (κ3) is 3.22. The van der Waals surface area contributed by atoms with Crippen molar-refractivity contribution in [2.45, 2.75) is 25.3 Å². The van der Waals surface area contributed by atoms with Crippen molar-refractivity contribution < 1.29 is 9.47 Å². The van der Waals surface area contributed by atoms with Gasteiger partial charge in [-0.3, -0.25) is 4.40 Å². The van der Waals surface area contributed by atoms with E-state index in [0.717, 1.165) is 10.8 Å². The fourth-order valence-electron chi connectivity index (χ4n) is 1.58. The van der Waals surface area contributed by atoms with E-state index < -0.39 is 0 Å². The Bertz CT molecular complexity index is 483. The van der Waals surface area contributed by atoms with Crippen LogP contribution in [0.1, 0.15) is 13.8 Å². The van der Waals surface area contributed by atoms with Gasteiger partial charge >= 0.3 is 0 Å². The second kappa shape index (κ2) is 6.72. The third-order valence-electron chi connectivity index (χ3n) is 2.34. The van der Waals surface area contributed by atoms with Gasteiger partial charge in [0.25, 0.3) is 0 Å². The Morgan fingerprint density at radius 3 is 2.72 bits per heavy atom. The second-order valence-electron chi connectivity index (χ2n) is 3.56. The Labute approximate surface area is 110 Å². The van der Waals surface area contributed by atoms with E-state index >= 15 is 0 Å². The summed E-state index contributed by atoms with van der Waals surface area (Å²) in [5, 5.41) is 9.11. The van der Waals surface area contributed by atoms with Crippen LogP contribution in [0.15, 0.2) is 29.6 Å². The lowest BCUT2D eigenvalue weighted by molar-refractivity contribution is -0.120. The highest BCUT2D eigenvalue weighted by molar-refractivity contribution is 7.99. The Balaban J connectivity index is 2.00. The van der Waals surface area contributed by atoms with Gasteiger partial charge in [0.2, 0.25) is 0 Å². The molecular weight excluding hydrogens is 250 g/mol. The van der Waals surface area contributed by atoms with Crippen molar-refractivity contribution in [1.29, 1.82) is 0 Å². The van der Waals surface area contributed by atoms with Crippen LogP contribution in [0.4, 0.5) is 0 Å². The minimum atomic E-state index is -0.193. The van der Waals surface area contributed by atoms with Gasteiger partial charge < -0.3 is 9.47 Å². The quantitative estimate of drug-likeness (QED) is 0.568. The lowest BCUT2D eigenvalue weighted by atomic mass is 10.5. The van der Waals surface area contributed by atoms with E-state index in [9.17, 15) is 0 Å². The highest BCUT2D eigenvalue weighted by Gasteiger charge is 2.11. The molecule has 0 aromatic carbocycles. The predicted molar refractivity (Wildman–Crippen MR) is 70.8 cm³/mol. The Morgan fingerprint density at radius 1 is 1.22 bits per heavy atom. The number of pyridine rings is 1. The number of hydrogen-bond donors (Lipinski definition) is 0. The molecule has 0 saturated heterocycles. The summed E-state index contributed by atoms with van der Waals surface area (Å²) in [6.45, 7) is 5.21. The topological polar surface area (TPSA) is 48.7 Å². The molecule has 5 nitrogen and oxygen atoms in total. The smallest absolute Gasteiger partial charge is 0.195 e. The van der Waals surface area contributed by atoms with E-state index in [0.29, 0.717) is 19.0 Å². The summed E-state index contributed by atoms with van der Waals surface area (Å²) in [5.74, 6) is 0.706. The van der Waals surface area contributed by atoms with Crippen LogP contribution in [0.3, 0.4) is 0 Å². The molecule has 0 bridgehead atoms. The van der Waals surface area contributed by atoms with Gasteiger partial charge in [-0.2, -0.15) is 0 Å². The van der Waals surface area contributed by atoms with E-state index in [2.05, 4.69) is 10.2 Å². The molecule has 6 heteroatoms. The average Bonchev–Trinajstić information content (AvgIpc) is 2.80. The van der Waals surface area contributed by atoms with E-state index in [1.165, 1.54) is 0 Å². The highest BCUT2D eigenvalue weighted by Crippen LogP contribution is 2.18. The zero-order chi connectivity index (χ0) is 12.8. The molecule has 0 amide bonds. The van der Waals surface area contributed by atoms with Crippen LogP contribution in [0.25, 0.3) is 5.65 Å². The lowest BCUT2D eigenvalue weighted by Gasteiger charge is -2.15. The molecule has 2 aromatic rings. The molecular formula is C12H17N3O2S. The number of thioether (sulfide) groups is 1. The number of aromatic nitrogens is 3. The summed E-state index contributed by atoms with van der Waals surface area (Å²) >= 11 is 1.58. The van der Waals surface area contributed by atoms with Crippen molar-refractivity contribution in [1.82, 2.24) is 14.6 Å². The van der Waals surface area contributed by atoms with Crippen LogP contribution in [-0.4, -0.2) is 39.9 Å². The zero-order valence-corrected chi connectivity index (χ0v) is 11.4. The minimum Gasteiger partial charge on any atom is -0.352 e. The molecule has 0 N–H and O–H groups in total. The molecule has 0 unspecified atom stereocenters. The summed E-state index contributed by atoms with van der Waals surface area (Å²) in [6.07, 6.45) is 1.76. The Morgan fingerprint density at radius 2 is 2.00 bits per heavy atom. The molecule has 0 radical (unpaired) electrons. The van der Waals surface area contributed by atoms with Gasteiger partial charge in [0.15, 0.2) is 17.1 Å². The van der Waals surface area contributed by atoms with Gasteiger partial charge in [0.05, 0.1) is 5.75 Å². The van der Waals surface area contributed by atoms with Crippen LogP contribution in [0.5, 0.6) is 0 Å². The first kappa shape index (κ1) is 13.3. The van der Waals surface area contributed by atoms with Gasteiger partial charge in [0, 0.05) is 19.4 Å². The number of nitrogens with zero attached hydrogens (tertiary/aromatic N) is 3. The zero-order valence-electron chi connectivity index (χ0n) is 10.6. The standard InChI is InChI=1S/C12H17N3O2S/c1-3-16-11(17-4-2)9-18-12-14-13-10-7-5-6-8-15(10)12/h5-8,11H,3-4,9H2,1-2H3. The van der Waals surface area contributed by atoms with E-state index in [1.807, 2.05) is 42.6 Å². The SMILES string of the molecule is CCOC(CSc1nnc2ccccn12)OCC. The third-order valence-corrected chi connectivity index (χ3v) is 3.31. The summed E-state index contributed by atoms with van der Waals surface area (Å²) < 4.78 is 12.9. The number of hydrogen-bond acceptors (Lipinski definition) is 5. The average molecular weight is 267 g/mol. The van der Waals surface area contributed by atoms with Crippen molar-refractivity contribution in [3.8, 4) is 0 Å². The molecule has 0 atom stereocenters. The summed E-state index contributed by atoms with van der Waals surface area (Å²) in [5.41, 5.74) is 0.851. The minimum absolute atomic E-state index is 0.193. The molecule has 2 rings (SSSR count). The lowest BCUT2D eigenvalue weighted by Crippen LogP contribution is -2.20. The molecule has 0 aliphatic heterocycles. The fourth-order valence-corrected chi connectivity index (χ4v) is 2.45. The monoisotopic (exact) mass is 267 g/mol. The van der Waals surface area contributed by atoms with Crippen LogP contribution in [0, 0.1) is 0 Å². The van der Waals surface area contributed by atoms with E-state index in [1.54, 1.807) is 11.8 Å². The van der Waals surface area contributed by atoms with Crippen LogP contribution in [-0.2, 0) is 9.47 Å². The molecule has 2 aromatic heterocycles. The number of fused-ring (bicyclic) bond motifs is 1. The van der Waals surface area contributed by atoms with E-state index in [-0.39, 0.29) is 6.29 Å². The summed E-state index contributed by atoms with van der Waals surface area (Å²) in [4.78, 5) is 0. The Hall–Kier alpha value is -1.11. The first-order valence-corrected chi connectivity index (χ1v) is 6.99. The van der Waals surface area contributed by atoms with Gasteiger partial charge in [-0.05, 0) is 26.0 Å². The summed E-state index contributed by atoms with van der Waals surface area (Å²) in [7, 11) is 0. The van der Waals surface area contributed by atoms with Gasteiger partial charge in [0.1, 0.15) is 0 Å². The van der Waals surface area contributed by atoms with Crippen molar-refractivity contribution in [2.24, 2.45) is 0 Å². The van der Waals surface area contributed by atoms with Gasteiger partial charge in [-0.25, -0.2) is 0 Å². The van der Waals surface area contributed by atoms with Crippen molar-refractivity contribution in [3.05, 3.63) is 24.4 Å². The maximum Gasteiger partial charge on any atom is 0.195 e. The predicted octanol–water partition coefficient (Wildman–Crippen LogP) is 2.22. The van der Waals surface area contributed by atoms with Crippen molar-refractivity contribution in [3.63, 3.8) is 0 Å². The van der Waals surface area contributed by atoms with Crippen molar-refractivity contribution in [2.75, 3.05) is 19.0 Å². The molecule has 0 aliphatic carbocycles. The highest BCUT2D eigenvalue weighted by atomic mass is 32.2. The molecule has 0 spiro atoms. The molecule has 0 aliphatic rings. The molecule has 98 valence electrons. The number of ether oxygens (including phenoxy) is 2. The van der Waals surface area contributed by atoms with Crippen LogP contribution < -0.4 is 0 Å². The molecule has 18 heavy (non-hydrogen) atoms. The maximum atomic E-state index is 5.49. The largest absolute Gasteiger partial charge is 0.352 e. The molecule has 0 saturated carbocycles.